The Morgan fingerprint density at radius 2 is 2.36 bits per heavy atom. The number of pyridine rings is 1. The molecule has 2 heterocycles. The summed E-state index contributed by atoms with van der Waals surface area (Å²) >= 11 is 0. The van der Waals surface area contributed by atoms with Crippen LogP contribution in [0.1, 0.15) is 22.5 Å². The highest BCUT2D eigenvalue weighted by Gasteiger charge is 2.19. The Labute approximate surface area is 83.8 Å². The van der Waals surface area contributed by atoms with Gasteiger partial charge >= 0.3 is 0 Å². The van der Waals surface area contributed by atoms with Gasteiger partial charge in [0.15, 0.2) is 0 Å². The third-order valence-electron chi connectivity index (χ3n) is 2.40. The lowest BCUT2D eigenvalue weighted by Crippen LogP contribution is -2.27. The molecule has 1 amide bonds. The molecule has 0 bridgehead atoms. The van der Waals surface area contributed by atoms with Crippen LogP contribution >= 0.6 is 0 Å². The molecule has 1 aliphatic rings. The van der Waals surface area contributed by atoms with E-state index in [-0.39, 0.29) is 5.91 Å². The fourth-order valence-corrected chi connectivity index (χ4v) is 1.55. The lowest BCUT2D eigenvalue weighted by Gasteiger charge is -2.14. The lowest BCUT2D eigenvalue weighted by molar-refractivity contribution is 0.0795. The average Bonchev–Trinajstić information content (AvgIpc) is 2.71. The number of aromatic nitrogens is 1. The monoisotopic (exact) mass is 189 g/mol. The average molecular weight is 189 g/mol. The van der Waals surface area contributed by atoms with Crippen molar-refractivity contribution < 1.29 is 4.79 Å². The van der Waals surface area contributed by atoms with Crippen LogP contribution in [0.3, 0.4) is 0 Å². The molecule has 0 aromatic carbocycles. The quantitative estimate of drug-likeness (QED) is 0.669. The summed E-state index contributed by atoms with van der Waals surface area (Å²) in [5.74, 6) is 0.0891. The van der Waals surface area contributed by atoms with Crippen LogP contribution < -0.4 is 0 Å². The van der Waals surface area contributed by atoms with Gasteiger partial charge in [0.1, 0.15) is 0 Å². The standard InChI is InChI=1S/C11H13N2O/c1-9-4-5-10(8-12-9)11(14)13-6-2-3-7-13/h2,4-5,8H,3,6-7H2,1H3. The van der Waals surface area contributed by atoms with Crippen molar-refractivity contribution >= 4 is 5.91 Å². The van der Waals surface area contributed by atoms with Crippen LogP contribution in [-0.4, -0.2) is 28.9 Å². The molecule has 1 fully saturated rings. The number of carbonyl (C=O) groups excluding carboxylic acids is 1. The molecule has 0 saturated carbocycles. The van der Waals surface area contributed by atoms with Crippen molar-refractivity contribution in [1.82, 2.24) is 9.88 Å². The molecule has 1 aromatic rings. The second-order valence-electron chi connectivity index (χ2n) is 3.52. The van der Waals surface area contributed by atoms with Crippen molar-refractivity contribution in [3.63, 3.8) is 0 Å². The van der Waals surface area contributed by atoms with E-state index in [0.717, 1.165) is 25.2 Å². The predicted octanol–water partition coefficient (Wildman–Crippen LogP) is 1.44. The zero-order chi connectivity index (χ0) is 9.97. The minimum Gasteiger partial charge on any atom is -0.338 e. The number of rotatable bonds is 1. The Balaban J connectivity index is 2.14. The largest absolute Gasteiger partial charge is 0.338 e. The Morgan fingerprint density at radius 1 is 1.50 bits per heavy atom. The number of aryl methyl sites for hydroxylation is 1. The summed E-state index contributed by atoms with van der Waals surface area (Å²) in [4.78, 5) is 17.8. The van der Waals surface area contributed by atoms with Gasteiger partial charge in [-0.3, -0.25) is 9.78 Å². The van der Waals surface area contributed by atoms with Crippen LogP contribution in [0.25, 0.3) is 0 Å². The first-order valence-corrected chi connectivity index (χ1v) is 4.81. The molecule has 1 radical (unpaired) electrons. The van der Waals surface area contributed by atoms with E-state index in [1.54, 1.807) is 6.20 Å². The number of likely N-dealkylation sites (tertiary alicyclic amines) is 1. The smallest absolute Gasteiger partial charge is 0.255 e. The van der Waals surface area contributed by atoms with Crippen LogP contribution in [0.2, 0.25) is 0 Å². The van der Waals surface area contributed by atoms with Crippen molar-refractivity contribution in [2.75, 3.05) is 13.1 Å². The van der Waals surface area contributed by atoms with Crippen molar-refractivity contribution in [3.05, 3.63) is 36.0 Å². The first-order chi connectivity index (χ1) is 6.77. The summed E-state index contributed by atoms with van der Waals surface area (Å²) in [6, 6.07) is 3.70. The predicted molar refractivity (Wildman–Crippen MR) is 53.8 cm³/mol. The van der Waals surface area contributed by atoms with Crippen molar-refractivity contribution in [2.24, 2.45) is 0 Å². The van der Waals surface area contributed by atoms with E-state index in [4.69, 9.17) is 0 Å². The number of hydrogen-bond acceptors (Lipinski definition) is 2. The summed E-state index contributed by atoms with van der Waals surface area (Å²) in [5.41, 5.74) is 1.63. The SMILES string of the molecule is Cc1ccc(C(=O)N2C[CH]CC2)cn1. The molecule has 73 valence electrons. The van der Waals surface area contributed by atoms with E-state index in [1.165, 1.54) is 0 Å². The second-order valence-corrected chi connectivity index (χ2v) is 3.52. The van der Waals surface area contributed by atoms with Crippen molar-refractivity contribution in [2.45, 2.75) is 13.3 Å². The van der Waals surface area contributed by atoms with Gasteiger partial charge in [0, 0.05) is 25.0 Å². The summed E-state index contributed by atoms with van der Waals surface area (Å²) < 4.78 is 0. The molecule has 1 aliphatic heterocycles. The highest BCUT2D eigenvalue weighted by molar-refractivity contribution is 5.94. The fourth-order valence-electron chi connectivity index (χ4n) is 1.55. The minimum atomic E-state index is 0.0891. The molecule has 3 nitrogen and oxygen atoms in total. The van der Waals surface area contributed by atoms with Gasteiger partial charge in [-0.05, 0) is 31.9 Å². The van der Waals surface area contributed by atoms with Crippen molar-refractivity contribution in [3.8, 4) is 0 Å². The van der Waals surface area contributed by atoms with E-state index in [1.807, 2.05) is 24.0 Å². The molecule has 14 heavy (non-hydrogen) atoms. The number of amides is 1. The normalized spacial score (nSPS) is 15.9. The molecule has 2 rings (SSSR count). The van der Waals surface area contributed by atoms with E-state index in [0.29, 0.717) is 5.56 Å². The molecular formula is C11H13N2O. The van der Waals surface area contributed by atoms with Gasteiger partial charge in [-0.1, -0.05) is 0 Å². The van der Waals surface area contributed by atoms with Gasteiger partial charge in [-0.2, -0.15) is 0 Å². The van der Waals surface area contributed by atoms with Crippen LogP contribution in [0.5, 0.6) is 0 Å². The molecule has 1 saturated heterocycles. The summed E-state index contributed by atoms with van der Waals surface area (Å²) in [6.07, 6.45) is 4.78. The highest BCUT2D eigenvalue weighted by Crippen LogP contribution is 2.11. The fraction of sp³-hybridized carbons (Fsp3) is 0.364. The topological polar surface area (TPSA) is 33.2 Å². The van der Waals surface area contributed by atoms with Gasteiger partial charge in [-0.15, -0.1) is 0 Å². The maximum Gasteiger partial charge on any atom is 0.255 e. The van der Waals surface area contributed by atoms with E-state index < -0.39 is 0 Å². The Hall–Kier alpha value is -1.38. The lowest BCUT2D eigenvalue weighted by atomic mass is 10.2. The number of hydrogen-bond donors (Lipinski definition) is 0. The number of carbonyl (C=O) groups is 1. The summed E-state index contributed by atoms with van der Waals surface area (Å²) in [7, 11) is 0. The minimum absolute atomic E-state index is 0.0891. The second kappa shape index (κ2) is 3.78. The zero-order valence-corrected chi connectivity index (χ0v) is 8.23. The van der Waals surface area contributed by atoms with Crippen LogP contribution in [0, 0.1) is 13.3 Å². The third-order valence-corrected chi connectivity index (χ3v) is 2.40. The van der Waals surface area contributed by atoms with E-state index in [2.05, 4.69) is 11.4 Å². The molecule has 0 N–H and O–H groups in total. The Kier molecular flexibility index (Phi) is 2.48. The summed E-state index contributed by atoms with van der Waals surface area (Å²) in [6.45, 7) is 3.53. The van der Waals surface area contributed by atoms with Gasteiger partial charge in [0.25, 0.3) is 5.91 Å². The van der Waals surface area contributed by atoms with Gasteiger partial charge < -0.3 is 4.90 Å². The first kappa shape index (κ1) is 9.19. The maximum atomic E-state index is 11.8. The molecule has 0 unspecified atom stereocenters. The molecule has 1 aromatic heterocycles. The van der Waals surface area contributed by atoms with Crippen LogP contribution in [-0.2, 0) is 0 Å². The zero-order valence-electron chi connectivity index (χ0n) is 8.23. The molecule has 0 spiro atoms. The van der Waals surface area contributed by atoms with Gasteiger partial charge in [0.05, 0.1) is 5.56 Å². The molecular weight excluding hydrogens is 176 g/mol. The highest BCUT2D eigenvalue weighted by atomic mass is 16.2. The van der Waals surface area contributed by atoms with Crippen LogP contribution in [0.4, 0.5) is 0 Å². The number of nitrogens with zero attached hydrogens (tertiary/aromatic N) is 2. The molecule has 3 heteroatoms. The van der Waals surface area contributed by atoms with Crippen molar-refractivity contribution in [1.29, 1.82) is 0 Å². The first-order valence-electron chi connectivity index (χ1n) is 4.81. The molecule has 0 aliphatic carbocycles. The van der Waals surface area contributed by atoms with Gasteiger partial charge in [0.2, 0.25) is 0 Å². The Morgan fingerprint density at radius 3 is 2.93 bits per heavy atom. The summed E-state index contributed by atoms with van der Waals surface area (Å²) in [5, 5.41) is 0. The van der Waals surface area contributed by atoms with Crippen LogP contribution in [0.15, 0.2) is 18.3 Å². The third kappa shape index (κ3) is 1.76. The molecule has 0 atom stereocenters. The van der Waals surface area contributed by atoms with E-state index in [9.17, 15) is 4.79 Å². The maximum absolute atomic E-state index is 11.8. The van der Waals surface area contributed by atoms with Gasteiger partial charge in [-0.25, -0.2) is 0 Å². The Bertz CT molecular complexity index is 326. The van der Waals surface area contributed by atoms with E-state index >= 15 is 0 Å².